The van der Waals surface area contributed by atoms with Crippen LogP contribution in [0.5, 0.6) is 5.75 Å². The van der Waals surface area contributed by atoms with Gasteiger partial charge in [0, 0.05) is 6.54 Å². The molecule has 3 N–H and O–H groups in total. The molecule has 0 bridgehead atoms. The van der Waals surface area contributed by atoms with E-state index in [1.807, 2.05) is 54.6 Å². The topological polar surface area (TPSA) is 64.3 Å². The lowest BCUT2D eigenvalue weighted by Crippen LogP contribution is -2.42. The fourth-order valence-electron chi connectivity index (χ4n) is 2.44. The lowest BCUT2D eigenvalue weighted by Gasteiger charge is -2.13. The van der Waals surface area contributed by atoms with E-state index in [1.54, 1.807) is 0 Å². The minimum atomic E-state index is -0.519. The third kappa shape index (κ3) is 6.98. The summed E-state index contributed by atoms with van der Waals surface area (Å²) >= 11 is 0. The molecule has 0 unspecified atom stereocenters. The van der Waals surface area contributed by atoms with Crippen LogP contribution in [0.1, 0.15) is 25.0 Å². The van der Waals surface area contributed by atoms with Gasteiger partial charge in [-0.2, -0.15) is 0 Å². The third-order valence-corrected chi connectivity index (χ3v) is 3.85. The van der Waals surface area contributed by atoms with Crippen LogP contribution in [-0.2, 0) is 17.6 Å². The summed E-state index contributed by atoms with van der Waals surface area (Å²) < 4.78 is 5.67. The zero-order chi connectivity index (χ0) is 18.1. The number of rotatable bonds is 9. The highest BCUT2D eigenvalue weighted by atomic mass is 16.5. The second-order valence-electron chi connectivity index (χ2n) is 6.69. The summed E-state index contributed by atoms with van der Waals surface area (Å²) in [7, 11) is 0. The number of nitrogens with one attached hydrogen (secondary N) is 1. The van der Waals surface area contributed by atoms with Gasteiger partial charge in [0.25, 0.3) is 0 Å². The molecule has 2 aromatic carbocycles. The lowest BCUT2D eigenvalue weighted by atomic mass is 10.1. The molecule has 25 heavy (non-hydrogen) atoms. The van der Waals surface area contributed by atoms with Gasteiger partial charge in [0.15, 0.2) is 0 Å². The Bertz CT molecular complexity index is 639. The Morgan fingerprint density at radius 3 is 2.36 bits per heavy atom. The van der Waals surface area contributed by atoms with Crippen LogP contribution in [-0.4, -0.2) is 25.1 Å². The molecule has 134 valence electrons. The number of ether oxygens (including phenoxy) is 1. The van der Waals surface area contributed by atoms with E-state index in [0.717, 1.165) is 23.3 Å². The van der Waals surface area contributed by atoms with Crippen LogP contribution in [0.15, 0.2) is 54.6 Å². The molecule has 0 aliphatic heterocycles. The molecule has 0 saturated heterocycles. The number of amides is 1. The number of hydrogen-bond acceptors (Lipinski definition) is 3. The van der Waals surface area contributed by atoms with Gasteiger partial charge in [-0.05, 0) is 42.0 Å². The van der Waals surface area contributed by atoms with Crippen molar-refractivity contribution < 1.29 is 9.53 Å². The van der Waals surface area contributed by atoms with E-state index in [1.165, 1.54) is 0 Å². The summed E-state index contributed by atoms with van der Waals surface area (Å²) in [6.07, 6.45) is 1.32. The fourth-order valence-corrected chi connectivity index (χ4v) is 2.44. The van der Waals surface area contributed by atoms with Gasteiger partial charge in [0.1, 0.15) is 5.75 Å². The SMILES string of the molecule is CC(C)COc1ccc(CCNC(=O)[C@@H](N)Cc2ccccc2)cc1. The van der Waals surface area contributed by atoms with E-state index in [0.29, 0.717) is 25.5 Å². The van der Waals surface area contributed by atoms with Crippen LogP contribution < -0.4 is 15.8 Å². The number of benzene rings is 2. The molecule has 1 amide bonds. The number of nitrogens with two attached hydrogens (primary N) is 1. The second kappa shape index (κ2) is 9.84. The molecule has 0 radical (unpaired) electrons. The van der Waals surface area contributed by atoms with Crippen LogP contribution >= 0.6 is 0 Å². The number of carbonyl (C=O) groups is 1. The Morgan fingerprint density at radius 1 is 1.04 bits per heavy atom. The van der Waals surface area contributed by atoms with Gasteiger partial charge in [-0.25, -0.2) is 0 Å². The molecule has 0 fully saturated rings. The predicted molar refractivity (Wildman–Crippen MR) is 102 cm³/mol. The first kappa shape index (κ1) is 19.0. The van der Waals surface area contributed by atoms with E-state index in [-0.39, 0.29) is 5.91 Å². The molecule has 0 spiro atoms. The Labute approximate surface area is 150 Å². The van der Waals surface area contributed by atoms with Gasteiger partial charge >= 0.3 is 0 Å². The third-order valence-electron chi connectivity index (χ3n) is 3.85. The first-order chi connectivity index (χ1) is 12.0. The molecule has 0 heterocycles. The van der Waals surface area contributed by atoms with E-state index < -0.39 is 6.04 Å². The van der Waals surface area contributed by atoms with E-state index in [9.17, 15) is 4.79 Å². The van der Waals surface area contributed by atoms with Crippen molar-refractivity contribution in [2.45, 2.75) is 32.7 Å². The molecule has 0 saturated carbocycles. The quantitative estimate of drug-likeness (QED) is 0.738. The highest BCUT2D eigenvalue weighted by molar-refractivity contribution is 5.81. The standard InChI is InChI=1S/C21H28N2O2/c1-16(2)15-25-19-10-8-17(9-11-19)12-13-23-21(24)20(22)14-18-6-4-3-5-7-18/h3-11,16,20H,12-15,22H2,1-2H3,(H,23,24)/t20-/m0/s1. The maximum Gasteiger partial charge on any atom is 0.237 e. The summed E-state index contributed by atoms with van der Waals surface area (Å²) in [6, 6.07) is 17.3. The normalized spacial score (nSPS) is 12.0. The molecule has 1 atom stereocenters. The van der Waals surface area contributed by atoms with Crippen molar-refractivity contribution in [2.24, 2.45) is 11.7 Å². The highest BCUT2D eigenvalue weighted by Crippen LogP contribution is 2.13. The Morgan fingerprint density at radius 2 is 1.72 bits per heavy atom. The molecule has 0 aliphatic rings. The largest absolute Gasteiger partial charge is 0.493 e. The van der Waals surface area contributed by atoms with Crippen LogP contribution in [0, 0.1) is 5.92 Å². The summed E-state index contributed by atoms with van der Waals surface area (Å²) in [5, 5.41) is 2.91. The summed E-state index contributed by atoms with van der Waals surface area (Å²) in [5.74, 6) is 1.28. The molecule has 4 heteroatoms. The molecular formula is C21H28N2O2. The average molecular weight is 340 g/mol. The van der Waals surface area contributed by atoms with Crippen molar-refractivity contribution in [2.75, 3.05) is 13.2 Å². The van der Waals surface area contributed by atoms with Crippen LogP contribution in [0.3, 0.4) is 0 Å². The minimum absolute atomic E-state index is 0.110. The van der Waals surface area contributed by atoms with Gasteiger partial charge < -0.3 is 15.8 Å². The highest BCUT2D eigenvalue weighted by Gasteiger charge is 2.13. The van der Waals surface area contributed by atoms with Crippen molar-refractivity contribution in [1.29, 1.82) is 0 Å². The van der Waals surface area contributed by atoms with Crippen molar-refractivity contribution in [1.82, 2.24) is 5.32 Å². The van der Waals surface area contributed by atoms with Gasteiger partial charge in [-0.1, -0.05) is 56.3 Å². The monoisotopic (exact) mass is 340 g/mol. The maximum absolute atomic E-state index is 12.1. The Hall–Kier alpha value is -2.33. The first-order valence-corrected chi connectivity index (χ1v) is 8.83. The van der Waals surface area contributed by atoms with Crippen molar-refractivity contribution in [3.05, 3.63) is 65.7 Å². The maximum atomic E-state index is 12.1. The van der Waals surface area contributed by atoms with Gasteiger partial charge in [0.05, 0.1) is 12.6 Å². The molecule has 0 aromatic heterocycles. The summed E-state index contributed by atoms with van der Waals surface area (Å²) in [6.45, 7) is 5.54. The summed E-state index contributed by atoms with van der Waals surface area (Å²) in [5.41, 5.74) is 8.21. The van der Waals surface area contributed by atoms with E-state index in [4.69, 9.17) is 10.5 Å². The van der Waals surface area contributed by atoms with Gasteiger partial charge in [-0.3, -0.25) is 4.79 Å². The number of hydrogen-bond donors (Lipinski definition) is 2. The fraction of sp³-hybridized carbons (Fsp3) is 0.381. The van der Waals surface area contributed by atoms with Gasteiger partial charge in [0.2, 0.25) is 5.91 Å². The van der Waals surface area contributed by atoms with E-state index >= 15 is 0 Å². The Kier molecular flexibility index (Phi) is 7.48. The minimum Gasteiger partial charge on any atom is -0.493 e. The molecule has 0 aliphatic carbocycles. The van der Waals surface area contributed by atoms with Crippen LogP contribution in [0.25, 0.3) is 0 Å². The lowest BCUT2D eigenvalue weighted by molar-refractivity contribution is -0.122. The molecule has 2 aromatic rings. The van der Waals surface area contributed by atoms with Crippen molar-refractivity contribution in [3.8, 4) is 5.75 Å². The molecular weight excluding hydrogens is 312 g/mol. The smallest absolute Gasteiger partial charge is 0.237 e. The van der Waals surface area contributed by atoms with Crippen LogP contribution in [0.2, 0.25) is 0 Å². The summed E-state index contributed by atoms with van der Waals surface area (Å²) in [4.78, 5) is 12.1. The van der Waals surface area contributed by atoms with Crippen molar-refractivity contribution in [3.63, 3.8) is 0 Å². The molecule has 4 nitrogen and oxygen atoms in total. The second-order valence-corrected chi connectivity index (χ2v) is 6.69. The Balaban J connectivity index is 1.71. The zero-order valence-corrected chi connectivity index (χ0v) is 15.1. The molecule has 2 rings (SSSR count). The average Bonchev–Trinajstić information content (AvgIpc) is 2.61. The van der Waals surface area contributed by atoms with Crippen molar-refractivity contribution >= 4 is 5.91 Å². The zero-order valence-electron chi connectivity index (χ0n) is 15.1. The van der Waals surface area contributed by atoms with E-state index in [2.05, 4.69) is 19.2 Å². The first-order valence-electron chi connectivity index (χ1n) is 8.83. The number of carbonyl (C=O) groups excluding carboxylic acids is 1. The van der Waals surface area contributed by atoms with Crippen LogP contribution in [0.4, 0.5) is 0 Å². The predicted octanol–water partition coefficient (Wildman–Crippen LogP) is 2.95. The van der Waals surface area contributed by atoms with Gasteiger partial charge in [-0.15, -0.1) is 0 Å².